The Labute approximate surface area is 162 Å². The summed E-state index contributed by atoms with van der Waals surface area (Å²) in [7, 11) is 0. The van der Waals surface area contributed by atoms with E-state index in [1.807, 2.05) is 13.8 Å². The van der Waals surface area contributed by atoms with Gasteiger partial charge in [-0.15, -0.1) is 0 Å². The molecular weight excluding hydrogens is 338 g/mol. The van der Waals surface area contributed by atoms with Gasteiger partial charge in [0.2, 0.25) is 5.82 Å². The Balaban J connectivity index is 1.65. The highest BCUT2D eigenvalue weighted by Gasteiger charge is 2.43. The van der Waals surface area contributed by atoms with Crippen LogP contribution in [0.3, 0.4) is 0 Å². The van der Waals surface area contributed by atoms with Crippen molar-refractivity contribution in [1.29, 1.82) is 0 Å². The van der Waals surface area contributed by atoms with Crippen LogP contribution in [-0.4, -0.2) is 52.0 Å². The smallest absolute Gasteiger partial charge is 0.292 e. The van der Waals surface area contributed by atoms with Crippen LogP contribution in [0.25, 0.3) is 0 Å². The number of likely N-dealkylation sites (tertiary alicyclic amines) is 1. The van der Waals surface area contributed by atoms with Crippen molar-refractivity contribution in [3.05, 3.63) is 17.1 Å². The van der Waals surface area contributed by atoms with Gasteiger partial charge in [-0.25, -0.2) is 9.97 Å². The molecule has 27 heavy (non-hydrogen) atoms. The van der Waals surface area contributed by atoms with Gasteiger partial charge >= 0.3 is 0 Å². The average Bonchev–Trinajstić information content (AvgIpc) is 3.10. The summed E-state index contributed by atoms with van der Waals surface area (Å²) in [6, 6.07) is 0.187. The number of aromatic nitrogens is 2. The predicted molar refractivity (Wildman–Crippen MR) is 107 cm³/mol. The van der Waals surface area contributed by atoms with E-state index in [-0.39, 0.29) is 17.5 Å². The summed E-state index contributed by atoms with van der Waals surface area (Å²) in [5.41, 5.74) is 8.11. The molecule has 2 aliphatic heterocycles. The van der Waals surface area contributed by atoms with Gasteiger partial charge in [-0.05, 0) is 52.4 Å². The molecule has 1 aliphatic carbocycles. The number of nitrogens with zero attached hydrogens (tertiary/aromatic N) is 4. The zero-order valence-corrected chi connectivity index (χ0v) is 16.8. The molecule has 1 amide bonds. The third-order valence-electron chi connectivity index (χ3n) is 6.95. The van der Waals surface area contributed by atoms with Crippen LogP contribution in [0, 0.1) is 13.8 Å². The standard InChI is InChI=1S/C21H33N5O/c1-15-16(2)23-18(24-19(15)25-13-8-17(22)14-25)20(27)26-12-7-6-11-21(26)9-4-3-5-10-21/h17H,3-14,22H2,1-2H3/t17-/m1/s1. The van der Waals surface area contributed by atoms with Crippen LogP contribution in [0.5, 0.6) is 0 Å². The summed E-state index contributed by atoms with van der Waals surface area (Å²) in [4.78, 5) is 27.3. The number of piperidine rings is 1. The van der Waals surface area contributed by atoms with Crippen LogP contribution in [-0.2, 0) is 0 Å². The largest absolute Gasteiger partial charge is 0.355 e. The maximum atomic E-state index is 13.5. The summed E-state index contributed by atoms with van der Waals surface area (Å²) < 4.78 is 0. The molecule has 3 heterocycles. The molecule has 2 saturated heterocycles. The minimum absolute atomic E-state index is 0.0319. The maximum Gasteiger partial charge on any atom is 0.292 e. The normalized spacial score (nSPS) is 25.2. The molecule has 0 unspecified atom stereocenters. The molecule has 4 rings (SSSR count). The minimum atomic E-state index is 0.0319. The van der Waals surface area contributed by atoms with Gasteiger partial charge in [0.1, 0.15) is 5.82 Å². The lowest BCUT2D eigenvalue weighted by Crippen LogP contribution is -2.55. The van der Waals surface area contributed by atoms with E-state index in [4.69, 9.17) is 10.7 Å². The van der Waals surface area contributed by atoms with Crippen LogP contribution in [0.2, 0.25) is 0 Å². The van der Waals surface area contributed by atoms with Crippen LogP contribution in [0.1, 0.15) is 79.7 Å². The molecule has 3 fully saturated rings. The van der Waals surface area contributed by atoms with Crippen LogP contribution >= 0.6 is 0 Å². The molecule has 1 spiro atoms. The van der Waals surface area contributed by atoms with E-state index < -0.39 is 0 Å². The van der Waals surface area contributed by atoms with Gasteiger partial charge in [-0.1, -0.05) is 19.3 Å². The number of rotatable bonds is 2. The van der Waals surface area contributed by atoms with Gasteiger partial charge in [-0.3, -0.25) is 4.79 Å². The molecule has 1 aromatic rings. The Hall–Kier alpha value is -1.69. The fourth-order valence-electron chi connectivity index (χ4n) is 5.26. The number of anilines is 1. The molecule has 3 aliphatic rings. The van der Waals surface area contributed by atoms with Crippen LogP contribution in [0.4, 0.5) is 5.82 Å². The Bertz CT molecular complexity index is 705. The van der Waals surface area contributed by atoms with Crippen molar-refractivity contribution in [3.8, 4) is 0 Å². The highest BCUT2D eigenvalue weighted by molar-refractivity contribution is 5.91. The highest BCUT2D eigenvalue weighted by atomic mass is 16.2. The van der Waals surface area contributed by atoms with E-state index in [0.29, 0.717) is 5.82 Å². The number of amides is 1. The van der Waals surface area contributed by atoms with Gasteiger partial charge in [0.25, 0.3) is 5.91 Å². The van der Waals surface area contributed by atoms with E-state index in [1.54, 1.807) is 0 Å². The Morgan fingerprint density at radius 3 is 2.41 bits per heavy atom. The van der Waals surface area contributed by atoms with Crippen molar-refractivity contribution in [2.45, 2.75) is 83.2 Å². The number of hydrogen-bond acceptors (Lipinski definition) is 5. The van der Waals surface area contributed by atoms with Crippen molar-refractivity contribution in [1.82, 2.24) is 14.9 Å². The Morgan fingerprint density at radius 1 is 1.04 bits per heavy atom. The summed E-state index contributed by atoms with van der Waals surface area (Å²) in [6.45, 7) is 6.59. The average molecular weight is 372 g/mol. The summed E-state index contributed by atoms with van der Waals surface area (Å²) >= 11 is 0. The number of carbonyl (C=O) groups is 1. The third-order valence-corrected chi connectivity index (χ3v) is 6.95. The highest BCUT2D eigenvalue weighted by Crippen LogP contribution is 2.41. The number of nitrogens with two attached hydrogens (primary N) is 1. The number of carbonyl (C=O) groups excluding carboxylic acids is 1. The van der Waals surface area contributed by atoms with Crippen molar-refractivity contribution in [2.24, 2.45) is 5.73 Å². The summed E-state index contributed by atoms with van der Waals surface area (Å²) in [5, 5.41) is 0. The molecule has 1 atom stereocenters. The molecule has 0 bridgehead atoms. The lowest BCUT2D eigenvalue weighted by atomic mass is 9.74. The first kappa shape index (κ1) is 18.7. The van der Waals surface area contributed by atoms with E-state index in [9.17, 15) is 4.79 Å². The zero-order chi connectivity index (χ0) is 19.0. The lowest BCUT2D eigenvalue weighted by Gasteiger charge is -2.49. The molecule has 1 aromatic heterocycles. The summed E-state index contributed by atoms with van der Waals surface area (Å²) in [6.07, 6.45) is 10.5. The topological polar surface area (TPSA) is 75.4 Å². The summed E-state index contributed by atoms with van der Waals surface area (Å²) in [5.74, 6) is 1.30. The number of aryl methyl sites for hydroxylation is 1. The van der Waals surface area contributed by atoms with E-state index in [1.165, 1.54) is 25.7 Å². The van der Waals surface area contributed by atoms with Gasteiger partial charge in [0.05, 0.1) is 0 Å². The molecule has 1 saturated carbocycles. The first-order valence-corrected chi connectivity index (χ1v) is 10.7. The van der Waals surface area contributed by atoms with E-state index in [2.05, 4.69) is 14.8 Å². The Morgan fingerprint density at radius 2 is 1.74 bits per heavy atom. The Kier molecular flexibility index (Phi) is 5.10. The maximum absolute atomic E-state index is 13.5. The van der Waals surface area contributed by atoms with Crippen molar-refractivity contribution in [2.75, 3.05) is 24.5 Å². The fourth-order valence-corrected chi connectivity index (χ4v) is 5.26. The van der Waals surface area contributed by atoms with Crippen molar-refractivity contribution < 1.29 is 4.79 Å². The van der Waals surface area contributed by atoms with E-state index in [0.717, 1.165) is 68.8 Å². The first-order chi connectivity index (χ1) is 13.0. The molecule has 0 radical (unpaired) electrons. The molecule has 2 N–H and O–H groups in total. The molecule has 148 valence electrons. The van der Waals surface area contributed by atoms with Crippen LogP contribution in [0.15, 0.2) is 0 Å². The lowest BCUT2D eigenvalue weighted by molar-refractivity contribution is 0.0140. The second-order valence-electron chi connectivity index (χ2n) is 8.77. The molecule has 6 nitrogen and oxygen atoms in total. The van der Waals surface area contributed by atoms with Crippen molar-refractivity contribution in [3.63, 3.8) is 0 Å². The van der Waals surface area contributed by atoms with Gasteiger partial charge < -0.3 is 15.5 Å². The monoisotopic (exact) mass is 371 g/mol. The van der Waals surface area contributed by atoms with Gasteiger partial charge in [0, 0.05) is 42.5 Å². The predicted octanol–water partition coefficient (Wildman–Crippen LogP) is 2.96. The second-order valence-corrected chi connectivity index (χ2v) is 8.77. The molecular formula is C21H33N5O. The van der Waals surface area contributed by atoms with Gasteiger partial charge in [-0.2, -0.15) is 0 Å². The second kappa shape index (κ2) is 7.38. The first-order valence-electron chi connectivity index (χ1n) is 10.7. The van der Waals surface area contributed by atoms with Crippen LogP contribution < -0.4 is 10.6 Å². The number of hydrogen-bond donors (Lipinski definition) is 1. The van der Waals surface area contributed by atoms with E-state index >= 15 is 0 Å². The molecule has 6 heteroatoms. The third kappa shape index (κ3) is 3.44. The minimum Gasteiger partial charge on any atom is -0.355 e. The SMILES string of the molecule is Cc1nc(C(=O)N2CCCCC23CCCCC3)nc(N2CC[C@@H](N)C2)c1C. The molecule has 0 aromatic carbocycles. The van der Waals surface area contributed by atoms with Crippen molar-refractivity contribution >= 4 is 11.7 Å². The van der Waals surface area contributed by atoms with Gasteiger partial charge in [0.15, 0.2) is 0 Å². The quantitative estimate of drug-likeness (QED) is 0.865. The zero-order valence-electron chi connectivity index (χ0n) is 16.8. The fraction of sp³-hybridized carbons (Fsp3) is 0.762.